The van der Waals surface area contributed by atoms with E-state index in [1.165, 1.54) is 13.0 Å². The second-order valence-corrected chi connectivity index (χ2v) is 7.12. The van der Waals surface area contributed by atoms with E-state index in [1.54, 1.807) is 13.0 Å². The van der Waals surface area contributed by atoms with Crippen LogP contribution in [0.15, 0.2) is 21.5 Å². The van der Waals surface area contributed by atoms with Crippen molar-refractivity contribution >= 4 is 50.0 Å². The van der Waals surface area contributed by atoms with Crippen molar-refractivity contribution in [1.29, 1.82) is 0 Å². The number of amides is 1. The van der Waals surface area contributed by atoms with E-state index in [9.17, 15) is 13.2 Å². The van der Waals surface area contributed by atoms with Gasteiger partial charge in [-0.2, -0.15) is 0 Å². The molecule has 0 aliphatic rings. The standard InChI is InChI=1S/C13H20BrN3O3S.ClH/c1-4-15-5-6-16-21(19,20)13-8-11(14)12(7-9(13)2)17-10(3)18;/h7-8,15-16H,4-6H2,1-3H3,(H,17,18);1H. The molecule has 1 rings (SSSR count). The van der Waals surface area contributed by atoms with E-state index in [0.29, 0.717) is 28.8 Å². The Morgan fingerprint density at radius 2 is 1.91 bits per heavy atom. The van der Waals surface area contributed by atoms with E-state index in [-0.39, 0.29) is 23.2 Å². The van der Waals surface area contributed by atoms with Gasteiger partial charge in [-0.15, -0.1) is 12.4 Å². The molecule has 22 heavy (non-hydrogen) atoms. The van der Waals surface area contributed by atoms with E-state index in [4.69, 9.17) is 0 Å². The molecule has 0 aliphatic heterocycles. The highest BCUT2D eigenvalue weighted by molar-refractivity contribution is 9.10. The predicted octanol–water partition coefficient (Wildman–Crippen LogP) is 2.03. The summed E-state index contributed by atoms with van der Waals surface area (Å²) in [7, 11) is -3.57. The summed E-state index contributed by atoms with van der Waals surface area (Å²) in [6.07, 6.45) is 0. The number of nitrogens with one attached hydrogen (secondary N) is 3. The molecule has 9 heteroatoms. The van der Waals surface area contributed by atoms with Crippen LogP contribution in [0.3, 0.4) is 0 Å². The van der Waals surface area contributed by atoms with E-state index in [2.05, 4.69) is 31.3 Å². The fraction of sp³-hybridized carbons (Fsp3) is 0.462. The van der Waals surface area contributed by atoms with Gasteiger partial charge in [-0.05, 0) is 47.1 Å². The summed E-state index contributed by atoms with van der Waals surface area (Å²) in [4.78, 5) is 11.3. The van der Waals surface area contributed by atoms with Gasteiger partial charge in [0.1, 0.15) is 0 Å². The molecule has 0 bridgehead atoms. The molecule has 0 spiro atoms. The van der Waals surface area contributed by atoms with E-state index >= 15 is 0 Å². The van der Waals surface area contributed by atoms with Gasteiger partial charge >= 0.3 is 0 Å². The average molecular weight is 415 g/mol. The number of hydrogen-bond donors (Lipinski definition) is 3. The van der Waals surface area contributed by atoms with Crippen LogP contribution in [0.2, 0.25) is 0 Å². The van der Waals surface area contributed by atoms with Crippen LogP contribution in [-0.2, 0) is 14.8 Å². The maximum absolute atomic E-state index is 12.3. The quantitative estimate of drug-likeness (QED) is 0.596. The molecule has 6 nitrogen and oxygen atoms in total. The van der Waals surface area contributed by atoms with E-state index in [1.807, 2.05) is 6.92 Å². The van der Waals surface area contributed by atoms with Gasteiger partial charge in [0, 0.05) is 24.5 Å². The third-order valence-corrected chi connectivity index (χ3v) is 4.97. The minimum atomic E-state index is -3.57. The third kappa shape index (κ3) is 6.21. The molecule has 0 atom stereocenters. The minimum Gasteiger partial charge on any atom is -0.325 e. The van der Waals surface area contributed by atoms with Crippen LogP contribution in [0, 0.1) is 6.92 Å². The van der Waals surface area contributed by atoms with Crippen molar-refractivity contribution in [3.63, 3.8) is 0 Å². The predicted molar refractivity (Wildman–Crippen MR) is 94.2 cm³/mol. The van der Waals surface area contributed by atoms with Gasteiger partial charge in [0.2, 0.25) is 15.9 Å². The molecule has 126 valence electrons. The number of benzene rings is 1. The van der Waals surface area contributed by atoms with Crippen LogP contribution >= 0.6 is 28.3 Å². The van der Waals surface area contributed by atoms with Gasteiger partial charge in [0.25, 0.3) is 0 Å². The number of anilines is 1. The Balaban J connectivity index is 0.00000441. The van der Waals surface area contributed by atoms with Crippen LogP contribution in [-0.4, -0.2) is 34.0 Å². The van der Waals surface area contributed by atoms with Gasteiger partial charge in [-0.25, -0.2) is 13.1 Å². The van der Waals surface area contributed by atoms with Crippen molar-refractivity contribution in [3.05, 3.63) is 22.2 Å². The molecule has 1 aromatic carbocycles. The molecule has 0 saturated carbocycles. The largest absolute Gasteiger partial charge is 0.325 e. The van der Waals surface area contributed by atoms with Crippen molar-refractivity contribution in [1.82, 2.24) is 10.0 Å². The van der Waals surface area contributed by atoms with Gasteiger partial charge < -0.3 is 10.6 Å². The lowest BCUT2D eigenvalue weighted by Gasteiger charge is -2.13. The Morgan fingerprint density at radius 1 is 1.27 bits per heavy atom. The number of halogens is 2. The molecule has 0 aromatic heterocycles. The lowest BCUT2D eigenvalue weighted by Crippen LogP contribution is -2.32. The first-order valence-corrected chi connectivity index (χ1v) is 8.83. The minimum absolute atomic E-state index is 0. The molecular formula is C13H21BrClN3O3S. The zero-order valence-electron chi connectivity index (χ0n) is 12.7. The van der Waals surface area contributed by atoms with Gasteiger partial charge in [0.15, 0.2) is 0 Å². The van der Waals surface area contributed by atoms with Gasteiger partial charge in [-0.1, -0.05) is 6.92 Å². The molecule has 0 radical (unpaired) electrons. The van der Waals surface area contributed by atoms with Crippen LogP contribution < -0.4 is 15.4 Å². The number of carbonyl (C=O) groups excluding carboxylic acids is 1. The Hall–Kier alpha value is -0.670. The van der Waals surface area contributed by atoms with E-state index in [0.717, 1.165) is 6.54 Å². The summed E-state index contributed by atoms with van der Waals surface area (Å²) in [5.41, 5.74) is 1.12. The first-order valence-electron chi connectivity index (χ1n) is 6.56. The van der Waals surface area contributed by atoms with Crippen molar-refractivity contribution in [3.8, 4) is 0 Å². The number of sulfonamides is 1. The van der Waals surface area contributed by atoms with Crippen molar-refractivity contribution in [2.75, 3.05) is 25.0 Å². The lowest BCUT2D eigenvalue weighted by atomic mass is 10.2. The summed E-state index contributed by atoms with van der Waals surface area (Å²) in [6.45, 7) is 6.72. The molecule has 3 N–H and O–H groups in total. The highest BCUT2D eigenvalue weighted by atomic mass is 79.9. The zero-order chi connectivity index (χ0) is 16.0. The van der Waals surface area contributed by atoms with Crippen LogP contribution in [0.1, 0.15) is 19.4 Å². The summed E-state index contributed by atoms with van der Waals surface area (Å²) >= 11 is 3.28. The zero-order valence-corrected chi connectivity index (χ0v) is 15.9. The first kappa shape index (κ1) is 21.3. The molecule has 1 amide bonds. The molecule has 0 saturated heterocycles. The summed E-state index contributed by atoms with van der Waals surface area (Å²) in [5.74, 6) is -0.213. The van der Waals surface area contributed by atoms with Crippen LogP contribution in [0.5, 0.6) is 0 Å². The number of carbonyl (C=O) groups is 1. The van der Waals surface area contributed by atoms with Crippen molar-refractivity contribution < 1.29 is 13.2 Å². The number of likely N-dealkylation sites (N-methyl/N-ethyl adjacent to an activating group) is 1. The highest BCUT2D eigenvalue weighted by Crippen LogP contribution is 2.28. The van der Waals surface area contributed by atoms with E-state index < -0.39 is 10.0 Å². The highest BCUT2D eigenvalue weighted by Gasteiger charge is 2.18. The topological polar surface area (TPSA) is 87.3 Å². The lowest BCUT2D eigenvalue weighted by molar-refractivity contribution is -0.114. The maximum Gasteiger partial charge on any atom is 0.240 e. The van der Waals surface area contributed by atoms with Crippen molar-refractivity contribution in [2.24, 2.45) is 0 Å². The number of rotatable bonds is 7. The molecular weight excluding hydrogens is 394 g/mol. The second-order valence-electron chi connectivity index (χ2n) is 4.53. The fourth-order valence-corrected chi connectivity index (χ4v) is 3.64. The summed E-state index contributed by atoms with van der Waals surface area (Å²) < 4.78 is 27.6. The molecule has 0 aliphatic carbocycles. The average Bonchev–Trinajstić information content (AvgIpc) is 2.38. The van der Waals surface area contributed by atoms with Gasteiger partial charge in [0.05, 0.1) is 10.6 Å². The Labute approximate surface area is 146 Å². The molecule has 0 heterocycles. The Morgan fingerprint density at radius 3 is 2.45 bits per heavy atom. The SMILES string of the molecule is CCNCCNS(=O)(=O)c1cc(Br)c(NC(C)=O)cc1C.Cl. The monoisotopic (exact) mass is 413 g/mol. The maximum atomic E-state index is 12.3. The van der Waals surface area contributed by atoms with Gasteiger partial charge in [-0.3, -0.25) is 4.79 Å². The third-order valence-electron chi connectivity index (χ3n) is 2.71. The number of aryl methyl sites for hydroxylation is 1. The first-order chi connectivity index (χ1) is 9.77. The Bertz CT molecular complexity index is 623. The molecule has 0 fully saturated rings. The molecule has 0 unspecified atom stereocenters. The smallest absolute Gasteiger partial charge is 0.240 e. The molecule has 1 aromatic rings. The fourth-order valence-electron chi connectivity index (χ4n) is 1.77. The number of hydrogen-bond acceptors (Lipinski definition) is 4. The summed E-state index contributed by atoms with van der Waals surface area (Å²) in [5, 5.41) is 5.69. The normalized spacial score (nSPS) is 10.9. The van der Waals surface area contributed by atoms with Crippen LogP contribution in [0.25, 0.3) is 0 Å². The Kier molecular flexibility index (Phi) is 9.18. The van der Waals surface area contributed by atoms with Crippen molar-refractivity contribution in [2.45, 2.75) is 25.7 Å². The summed E-state index contributed by atoms with van der Waals surface area (Å²) in [6, 6.07) is 3.13. The van der Waals surface area contributed by atoms with Crippen LogP contribution in [0.4, 0.5) is 5.69 Å². The second kappa shape index (κ2) is 9.46.